The molecule has 0 atom stereocenters. The molecule has 6 heteroatoms. The number of hydrogen-bond donors (Lipinski definition) is 2. The Bertz CT molecular complexity index is 1570. The Balaban J connectivity index is 1.50. The van der Waals surface area contributed by atoms with Crippen LogP contribution in [0, 0.1) is 0 Å². The van der Waals surface area contributed by atoms with E-state index >= 15 is 0 Å². The molecule has 6 rings (SSSR count). The SMILES string of the molecule is C(=N\Nc1nc2ccccc2[nH]1)/c1c(-c2ccccc2)nn(-c2ccccc2)c1-c1ccccc1. The maximum Gasteiger partial charge on any atom is 0.222 e. The molecule has 0 aliphatic rings. The van der Waals surface area contributed by atoms with E-state index in [0.29, 0.717) is 5.95 Å². The van der Waals surface area contributed by atoms with Gasteiger partial charge in [-0.1, -0.05) is 91.0 Å². The summed E-state index contributed by atoms with van der Waals surface area (Å²) in [6.07, 6.45) is 1.82. The van der Waals surface area contributed by atoms with E-state index in [1.54, 1.807) is 0 Å². The predicted octanol–water partition coefficient (Wildman–Crippen LogP) is 6.53. The molecule has 0 saturated heterocycles. The van der Waals surface area contributed by atoms with Gasteiger partial charge in [-0.25, -0.2) is 15.1 Å². The largest absolute Gasteiger partial charge is 0.323 e. The number of imidazole rings is 1. The number of anilines is 1. The molecule has 2 N–H and O–H groups in total. The molecule has 0 aliphatic carbocycles. The third kappa shape index (κ3) is 4.09. The summed E-state index contributed by atoms with van der Waals surface area (Å²) < 4.78 is 1.99. The summed E-state index contributed by atoms with van der Waals surface area (Å²) in [7, 11) is 0. The molecular weight excluding hydrogens is 432 g/mol. The van der Waals surface area contributed by atoms with Crippen LogP contribution in [0.4, 0.5) is 5.95 Å². The molecule has 168 valence electrons. The minimum absolute atomic E-state index is 0.584. The Morgan fingerprint density at radius 1 is 0.714 bits per heavy atom. The van der Waals surface area contributed by atoms with Crippen molar-refractivity contribution < 1.29 is 0 Å². The monoisotopic (exact) mass is 454 g/mol. The molecule has 2 aromatic heterocycles. The zero-order valence-electron chi connectivity index (χ0n) is 18.8. The molecule has 0 amide bonds. The van der Waals surface area contributed by atoms with Gasteiger partial charge in [0.15, 0.2) is 0 Å². The van der Waals surface area contributed by atoms with E-state index in [1.165, 1.54) is 0 Å². The smallest absolute Gasteiger partial charge is 0.222 e. The lowest BCUT2D eigenvalue weighted by Crippen LogP contribution is -2.00. The lowest BCUT2D eigenvalue weighted by atomic mass is 10.0. The van der Waals surface area contributed by atoms with Crippen LogP contribution in [-0.2, 0) is 0 Å². The van der Waals surface area contributed by atoms with Crippen LogP contribution in [0.2, 0.25) is 0 Å². The summed E-state index contributed by atoms with van der Waals surface area (Å²) in [6, 6.07) is 38.5. The number of H-pyrrole nitrogens is 1. The first-order valence-corrected chi connectivity index (χ1v) is 11.4. The van der Waals surface area contributed by atoms with Crippen molar-refractivity contribution >= 4 is 23.2 Å². The number of nitrogens with one attached hydrogen (secondary N) is 2. The van der Waals surface area contributed by atoms with Gasteiger partial charge in [-0.05, 0) is 24.3 Å². The highest BCUT2D eigenvalue weighted by molar-refractivity contribution is 5.97. The molecule has 0 saturated carbocycles. The van der Waals surface area contributed by atoms with Crippen molar-refractivity contribution in [1.82, 2.24) is 19.7 Å². The van der Waals surface area contributed by atoms with Gasteiger partial charge >= 0.3 is 0 Å². The number of aromatic amines is 1. The summed E-state index contributed by atoms with van der Waals surface area (Å²) in [4.78, 5) is 7.81. The molecule has 4 aromatic carbocycles. The molecule has 0 bridgehead atoms. The van der Waals surface area contributed by atoms with Crippen LogP contribution in [0.3, 0.4) is 0 Å². The Morgan fingerprint density at radius 2 is 1.34 bits per heavy atom. The summed E-state index contributed by atoms with van der Waals surface area (Å²) in [5, 5.41) is 9.63. The summed E-state index contributed by atoms with van der Waals surface area (Å²) in [6.45, 7) is 0. The fourth-order valence-electron chi connectivity index (χ4n) is 4.16. The van der Waals surface area contributed by atoms with Crippen molar-refractivity contribution in [2.45, 2.75) is 0 Å². The van der Waals surface area contributed by atoms with Crippen molar-refractivity contribution in [2.24, 2.45) is 5.10 Å². The van der Waals surface area contributed by atoms with Gasteiger partial charge in [-0.3, -0.25) is 0 Å². The number of para-hydroxylation sites is 3. The van der Waals surface area contributed by atoms with Gasteiger partial charge < -0.3 is 4.98 Å². The first-order valence-electron chi connectivity index (χ1n) is 11.4. The van der Waals surface area contributed by atoms with Crippen LogP contribution < -0.4 is 5.43 Å². The Labute approximate surface area is 202 Å². The van der Waals surface area contributed by atoms with Gasteiger partial charge in [0.1, 0.15) is 5.69 Å². The molecule has 0 radical (unpaired) electrons. The third-order valence-corrected chi connectivity index (χ3v) is 5.77. The molecule has 6 nitrogen and oxygen atoms in total. The molecule has 6 aromatic rings. The summed E-state index contributed by atoms with van der Waals surface area (Å²) in [5.41, 5.74) is 10.7. The maximum atomic E-state index is 5.06. The molecule has 0 spiro atoms. The first-order chi connectivity index (χ1) is 17.4. The highest BCUT2D eigenvalue weighted by Crippen LogP contribution is 2.33. The number of rotatable bonds is 6. The minimum atomic E-state index is 0.584. The number of hydrazone groups is 1. The van der Waals surface area contributed by atoms with Gasteiger partial charge in [0.05, 0.1) is 28.6 Å². The molecule has 0 aliphatic heterocycles. The van der Waals surface area contributed by atoms with Gasteiger partial charge in [0.2, 0.25) is 5.95 Å². The Kier molecular flexibility index (Phi) is 5.37. The predicted molar refractivity (Wildman–Crippen MR) is 142 cm³/mol. The van der Waals surface area contributed by atoms with Crippen LogP contribution >= 0.6 is 0 Å². The molecule has 0 unspecified atom stereocenters. The average molecular weight is 455 g/mol. The summed E-state index contributed by atoms with van der Waals surface area (Å²) >= 11 is 0. The lowest BCUT2D eigenvalue weighted by Gasteiger charge is -2.08. The van der Waals surface area contributed by atoms with Crippen molar-refractivity contribution in [3.8, 4) is 28.2 Å². The van der Waals surface area contributed by atoms with Gasteiger partial charge in [-0.2, -0.15) is 10.2 Å². The standard InChI is InChI=1S/C29H22N6/c1-4-12-21(13-5-1)27-24(20-30-33-29-31-25-18-10-11-19-26(25)32-29)28(22-14-6-2-7-15-22)35(34-27)23-16-8-3-9-17-23/h1-20H,(H2,31,32,33)/b30-20+. The molecule has 2 heterocycles. The number of hydrogen-bond acceptors (Lipinski definition) is 4. The van der Waals surface area contributed by atoms with E-state index in [9.17, 15) is 0 Å². The highest BCUT2D eigenvalue weighted by atomic mass is 15.4. The van der Waals surface area contributed by atoms with Crippen LogP contribution in [0.1, 0.15) is 5.56 Å². The normalized spacial score (nSPS) is 11.3. The van der Waals surface area contributed by atoms with Crippen molar-refractivity contribution in [3.05, 3.63) is 121 Å². The summed E-state index contributed by atoms with van der Waals surface area (Å²) in [5.74, 6) is 0.584. The first kappa shape index (κ1) is 20.6. The number of fused-ring (bicyclic) bond motifs is 1. The second-order valence-electron chi connectivity index (χ2n) is 8.06. The molecular formula is C29H22N6. The fourth-order valence-corrected chi connectivity index (χ4v) is 4.16. The van der Waals surface area contributed by atoms with E-state index in [2.05, 4.69) is 56.9 Å². The highest BCUT2D eigenvalue weighted by Gasteiger charge is 2.20. The minimum Gasteiger partial charge on any atom is -0.323 e. The van der Waals surface area contributed by atoms with Crippen molar-refractivity contribution in [2.75, 3.05) is 5.43 Å². The van der Waals surface area contributed by atoms with E-state index in [4.69, 9.17) is 5.10 Å². The Morgan fingerprint density at radius 3 is 2.06 bits per heavy atom. The molecule has 35 heavy (non-hydrogen) atoms. The van der Waals surface area contributed by atoms with Gasteiger partial charge in [-0.15, -0.1) is 0 Å². The topological polar surface area (TPSA) is 70.9 Å². The molecule has 0 fully saturated rings. The van der Waals surface area contributed by atoms with E-state index in [0.717, 1.165) is 44.8 Å². The van der Waals surface area contributed by atoms with Crippen molar-refractivity contribution in [3.63, 3.8) is 0 Å². The van der Waals surface area contributed by atoms with E-state index < -0.39 is 0 Å². The van der Waals surface area contributed by atoms with Crippen LogP contribution in [0.5, 0.6) is 0 Å². The fraction of sp³-hybridized carbons (Fsp3) is 0. The van der Waals surface area contributed by atoms with Crippen LogP contribution in [0.15, 0.2) is 120 Å². The average Bonchev–Trinajstić information content (AvgIpc) is 3.52. The number of aromatic nitrogens is 4. The van der Waals surface area contributed by atoms with E-state index in [-0.39, 0.29) is 0 Å². The van der Waals surface area contributed by atoms with Crippen LogP contribution in [-0.4, -0.2) is 26.0 Å². The van der Waals surface area contributed by atoms with Gasteiger partial charge in [0.25, 0.3) is 0 Å². The van der Waals surface area contributed by atoms with Crippen molar-refractivity contribution in [1.29, 1.82) is 0 Å². The van der Waals surface area contributed by atoms with E-state index in [1.807, 2.05) is 89.8 Å². The van der Waals surface area contributed by atoms with Crippen LogP contribution in [0.25, 0.3) is 39.2 Å². The van der Waals surface area contributed by atoms with Gasteiger partial charge in [0, 0.05) is 16.7 Å². The zero-order chi connectivity index (χ0) is 23.5. The second kappa shape index (κ2) is 9.11. The maximum absolute atomic E-state index is 5.06. The number of nitrogens with zero attached hydrogens (tertiary/aromatic N) is 4. The number of benzene rings is 4. The lowest BCUT2D eigenvalue weighted by molar-refractivity contribution is 0.892. The second-order valence-corrected chi connectivity index (χ2v) is 8.06. The quantitative estimate of drug-likeness (QED) is 0.222. The third-order valence-electron chi connectivity index (χ3n) is 5.77. The Hall–Kier alpha value is -4.97. The zero-order valence-corrected chi connectivity index (χ0v) is 18.8.